The largest absolute Gasteiger partial charge is 0.355 e. The molecule has 2 aliphatic rings. The summed E-state index contributed by atoms with van der Waals surface area (Å²) in [5, 5.41) is 6.94. The average molecular weight is 401 g/mol. The monoisotopic (exact) mass is 400 g/mol. The fraction of sp³-hybridized carbons (Fsp3) is 0.696. The van der Waals surface area contributed by atoms with E-state index >= 15 is 0 Å². The van der Waals surface area contributed by atoms with Gasteiger partial charge in [-0.05, 0) is 51.0 Å². The van der Waals surface area contributed by atoms with Gasteiger partial charge in [-0.25, -0.2) is 0 Å². The zero-order chi connectivity index (χ0) is 20.5. The van der Waals surface area contributed by atoms with Gasteiger partial charge in [0.1, 0.15) is 0 Å². The Morgan fingerprint density at radius 3 is 2.24 bits per heavy atom. The minimum Gasteiger partial charge on any atom is -0.355 e. The lowest BCUT2D eigenvalue weighted by molar-refractivity contribution is 0.120. The van der Waals surface area contributed by atoms with Gasteiger partial charge >= 0.3 is 0 Å². The lowest BCUT2D eigenvalue weighted by Gasteiger charge is -2.36. The minimum atomic E-state index is 0.510. The first kappa shape index (κ1) is 22.1. The van der Waals surface area contributed by atoms with Crippen molar-refractivity contribution >= 4 is 5.96 Å². The van der Waals surface area contributed by atoms with Crippen LogP contribution in [0.25, 0.3) is 0 Å². The second kappa shape index (κ2) is 11.5. The summed E-state index contributed by atoms with van der Waals surface area (Å²) >= 11 is 0. The number of hydrogen-bond acceptors (Lipinski definition) is 4. The van der Waals surface area contributed by atoms with Crippen LogP contribution >= 0.6 is 0 Å². The summed E-state index contributed by atoms with van der Waals surface area (Å²) in [4.78, 5) is 11.9. The molecule has 6 nitrogen and oxygen atoms in total. The topological polar surface area (TPSA) is 46.1 Å². The van der Waals surface area contributed by atoms with Crippen LogP contribution in [0.3, 0.4) is 0 Å². The molecule has 2 N–H and O–H groups in total. The van der Waals surface area contributed by atoms with Crippen LogP contribution in [0.4, 0.5) is 0 Å². The van der Waals surface area contributed by atoms with Gasteiger partial charge in [0, 0.05) is 58.9 Å². The molecule has 29 heavy (non-hydrogen) atoms. The first-order valence-corrected chi connectivity index (χ1v) is 11.3. The van der Waals surface area contributed by atoms with E-state index in [2.05, 4.69) is 68.6 Å². The Kier molecular flexibility index (Phi) is 8.77. The van der Waals surface area contributed by atoms with Gasteiger partial charge < -0.3 is 15.5 Å². The van der Waals surface area contributed by atoms with Gasteiger partial charge in [-0.2, -0.15) is 0 Å². The van der Waals surface area contributed by atoms with Crippen molar-refractivity contribution in [1.29, 1.82) is 0 Å². The summed E-state index contributed by atoms with van der Waals surface area (Å²) in [5.74, 6) is 0.878. The predicted molar refractivity (Wildman–Crippen MR) is 122 cm³/mol. The lowest BCUT2D eigenvalue weighted by atomic mass is 10.1. The molecule has 0 amide bonds. The molecule has 0 bridgehead atoms. The molecule has 0 radical (unpaired) electrons. The molecule has 0 aliphatic carbocycles. The summed E-state index contributed by atoms with van der Waals surface area (Å²) < 4.78 is 0. The highest BCUT2D eigenvalue weighted by atomic mass is 15.3. The molecule has 1 atom stereocenters. The second-order valence-electron chi connectivity index (χ2n) is 8.65. The number of aliphatic imine (C=N–C) groups is 1. The Morgan fingerprint density at radius 1 is 0.931 bits per heavy atom. The zero-order valence-electron chi connectivity index (χ0n) is 18.7. The maximum atomic E-state index is 4.39. The Hall–Kier alpha value is -1.63. The van der Waals surface area contributed by atoms with E-state index in [4.69, 9.17) is 0 Å². The number of nitrogens with one attached hydrogen (secondary N) is 2. The number of rotatable bonds is 7. The SMILES string of the molecule is CN=C(NCc1ccc(CN2CCCCC2)cc1)NCC(C)N1CCN(C)CC1. The van der Waals surface area contributed by atoms with Gasteiger partial charge in [0.25, 0.3) is 0 Å². The van der Waals surface area contributed by atoms with E-state index < -0.39 is 0 Å². The standard InChI is InChI=1S/C23H40N6/c1-20(29-15-13-27(3)14-16-29)17-25-23(24-2)26-18-21-7-9-22(10-8-21)19-28-11-5-4-6-12-28/h7-10,20H,4-6,11-19H2,1-3H3,(H2,24,25,26). The molecule has 2 heterocycles. The van der Waals surface area contributed by atoms with E-state index in [9.17, 15) is 0 Å². The molecule has 6 heteroatoms. The van der Waals surface area contributed by atoms with E-state index in [-0.39, 0.29) is 0 Å². The first-order chi connectivity index (χ1) is 14.1. The fourth-order valence-corrected chi connectivity index (χ4v) is 4.18. The average Bonchev–Trinajstić information content (AvgIpc) is 2.76. The highest BCUT2D eigenvalue weighted by Crippen LogP contribution is 2.13. The fourth-order valence-electron chi connectivity index (χ4n) is 4.18. The molecule has 2 aliphatic heterocycles. The van der Waals surface area contributed by atoms with E-state index in [0.29, 0.717) is 6.04 Å². The summed E-state index contributed by atoms with van der Waals surface area (Å²) in [5.41, 5.74) is 2.71. The third-order valence-electron chi connectivity index (χ3n) is 6.29. The highest BCUT2D eigenvalue weighted by molar-refractivity contribution is 5.79. The normalized spacial score (nSPS) is 21.1. The van der Waals surface area contributed by atoms with E-state index in [0.717, 1.165) is 51.8 Å². The predicted octanol–water partition coefficient (Wildman–Crippen LogP) is 1.97. The van der Waals surface area contributed by atoms with Crippen LogP contribution in [0.2, 0.25) is 0 Å². The summed E-state index contributed by atoms with van der Waals surface area (Å²) in [7, 11) is 4.05. The molecule has 2 fully saturated rings. The number of piperidine rings is 1. The number of likely N-dealkylation sites (tertiary alicyclic amines) is 1. The van der Waals surface area contributed by atoms with E-state index in [1.54, 1.807) is 0 Å². The molecule has 0 spiro atoms. The number of piperazine rings is 1. The second-order valence-corrected chi connectivity index (χ2v) is 8.65. The van der Waals surface area contributed by atoms with Gasteiger partial charge in [0.2, 0.25) is 0 Å². The molecule has 0 aromatic heterocycles. The third kappa shape index (κ3) is 7.28. The van der Waals surface area contributed by atoms with Crippen molar-refractivity contribution in [3.8, 4) is 0 Å². The Labute approximate surface area is 177 Å². The van der Waals surface area contributed by atoms with E-state index in [1.807, 2.05) is 7.05 Å². The molecule has 2 saturated heterocycles. The van der Waals surface area contributed by atoms with Crippen molar-refractivity contribution in [2.45, 2.75) is 45.3 Å². The van der Waals surface area contributed by atoms with Gasteiger partial charge in [0.05, 0.1) is 0 Å². The number of nitrogens with zero attached hydrogens (tertiary/aromatic N) is 4. The van der Waals surface area contributed by atoms with Gasteiger partial charge in [-0.1, -0.05) is 30.7 Å². The van der Waals surface area contributed by atoms with Crippen LogP contribution in [0.15, 0.2) is 29.3 Å². The number of guanidine groups is 1. The molecular weight excluding hydrogens is 360 g/mol. The molecular formula is C23H40N6. The lowest BCUT2D eigenvalue weighted by Crippen LogP contribution is -2.52. The summed E-state index contributed by atoms with van der Waals surface area (Å²) in [6.07, 6.45) is 4.09. The van der Waals surface area contributed by atoms with Gasteiger partial charge in [0.15, 0.2) is 5.96 Å². The van der Waals surface area contributed by atoms with Crippen LogP contribution in [0, 0.1) is 0 Å². The van der Waals surface area contributed by atoms with E-state index in [1.165, 1.54) is 43.5 Å². The zero-order valence-corrected chi connectivity index (χ0v) is 18.7. The highest BCUT2D eigenvalue weighted by Gasteiger charge is 2.19. The van der Waals surface area contributed by atoms with Crippen LogP contribution in [0.5, 0.6) is 0 Å². The van der Waals surface area contributed by atoms with Crippen molar-refractivity contribution in [1.82, 2.24) is 25.3 Å². The molecule has 0 saturated carbocycles. The Balaban J connectivity index is 1.38. The maximum absolute atomic E-state index is 4.39. The van der Waals surface area contributed by atoms with Crippen LogP contribution in [0.1, 0.15) is 37.3 Å². The van der Waals surface area contributed by atoms with Crippen molar-refractivity contribution < 1.29 is 0 Å². The minimum absolute atomic E-state index is 0.510. The molecule has 1 unspecified atom stereocenters. The summed E-state index contributed by atoms with van der Waals surface area (Å²) in [6.45, 7) is 12.2. The smallest absolute Gasteiger partial charge is 0.191 e. The number of likely N-dealkylation sites (N-methyl/N-ethyl adjacent to an activating group) is 1. The van der Waals surface area contributed by atoms with Crippen LogP contribution in [-0.2, 0) is 13.1 Å². The van der Waals surface area contributed by atoms with Crippen molar-refractivity contribution in [3.63, 3.8) is 0 Å². The molecule has 1 aromatic rings. The summed E-state index contributed by atoms with van der Waals surface area (Å²) in [6, 6.07) is 9.55. The van der Waals surface area contributed by atoms with Crippen LogP contribution in [-0.4, -0.2) is 86.6 Å². The Morgan fingerprint density at radius 2 is 1.59 bits per heavy atom. The molecule has 162 valence electrons. The van der Waals surface area contributed by atoms with Crippen molar-refractivity contribution in [2.24, 2.45) is 4.99 Å². The Bertz CT molecular complexity index is 615. The number of hydrogen-bond donors (Lipinski definition) is 2. The van der Waals surface area contributed by atoms with Crippen LogP contribution < -0.4 is 10.6 Å². The molecule has 1 aromatic carbocycles. The van der Waals surface area contributed by atoms with Crippen molar-refractivity contribution in [2.75, 3.05) is 59.9 Å². The van der Waals surface area contributed by atoms with Gasteiger partial charge in [-0.3, -0.25) is 14.8 Å². The quantitative estimate of drug-likeness (QED) is 0.541. The third-order valence-corrected chi connectivity index (χ3v) is 6.29. The van der Waals surface area contributed by atoms with Crippen molar-refractivity contribution in [3.05, 3.63) is 35.4 Å². The molecule has 3 rings (SSSR count). The maximum Gasteiger partial charge on any atom is 0.191 e. The van der Waals surface area contributed by atoms with Gasteiger partial charge in [-0.15, -0.1) is 0 Å². The first-order valence-electron chi connectivity index (χ1n) is 11.3. The number of benzene rings is 1.